The number of halogens is 1. The molecule has 0 atom stereocenters. The molecule has 0 aliphatic carbocycles. The third kappa shape index (κ3) is 4.39. The van der Waals surface area contributed by atoms with Crippen LogP contribution in [0.15, 0.2) is 89.0 Å². The van der Waals surface area contributed by atoms with Gasteiger partial charge in [0.1, 0.15) is 11.6 Å². The minimum absolute atomic E-state index is 0.138. The smallest absolute Gasteiger partial charge is 0.266 e. The summed E-state index contributed by atoms with van der Waals surface area (Å²) in [4.78, 5) is 36.1. The van der Waals surface area contributed by atoms with Crippen LogP contribution in [0.25, 0.3) is 28.7 Å². The molecule has 0 saturated heterocycles. The predicted molar refractivity (Wildman–Crippen MR) is 138 cm³/mol. The number of hydrogen-bond acceptors (Lipinski definition) is 5. The van der Waals surface area contributed by atoms with Gasteiger partial charge in [-0.15, -0.1) is 11.3 Å². The van der Waals surface area contributed by atoms with Gasteiger partial charge in [-0.1, -0.05) is 42.5 Å². The summed E-state index contributed by atoms with van der Waals surface area (Å²) in [7, 11) is 0. The Kier molecular flexibility index (Phi) is 6.03. The number of thiazole rings is 1. The summed E-state index contributed by atoms with van der Waals surface area (Å²) in [5.41, 5.74) is 1.79. The zero-order chi connectivity index (χ0) is 24.4. The van der Waals surface area contributed by atoms with Crippen LogP contribution in [-0.4, -0.2) is 20.4 Å². The first kappa shape index (κ1) is 22.4. The van der Waals surface area contributed by atoms with Crippen LogP contribution in [0.3, 0.4) is 0 Å². The quantitative estimate of drug-likeness (QED) is 0.316. The number of hydrogen-bond donors (Lipinski definition) is 0. The maximum absolute atomic E-state index is 14.4. The van der Waals surface area contributed by atoms with Gasteiger partial charge < -0.3 is 0 Å². The summed E-state index contributed by atoms with van der Waals surface area (Å²) >= 11 is 1.22. The molecular formula is C27H19FN4O2S. The molecule has 0 bridgehead atoms. The molecule has 0 fully saturated rings. The minimum Gasteiger partial charge on any atom is -0.274 e. The van der Waals surface area contributed by atoms with Crippen molar-refractivity contribution < 1.29 is 9.18 Å². The van der Waals surface area contributed by atoms with Crippen molar-refractivity contribution in [3.63, 3.8) is 0 Å². The molecule has 2 heterocycles. The van der Waals surface area contributed by atoms with Crippen LogP contribution < -0.4 is 10.5 Å². The lowest BCUT2D eigenvalue weighted by atomic mass is 10.2. The summed E-state index contributed by atoms with van der Waals surface area (Å²) in [6.07, 6.45) is 3.43. The Morgan fingerprint density at radius 1 is 0.943 bits per heavy atom. The molecular weight excluding hydrogens is 463 g/mol. The van der Waals surface area contributed by atoms with E-state index in [4.69, 9.17) is 4.98 Å². The van der Waals surface area contributed by atoms with Gasteiger partial charge in [0, 0.05) is 12.3 Å². The molecule has 172 valence electrons. The van der Waals surface area contributed by atoms with Crippen molar-refractivity contribution in [2.45, 2.75) is 6.92 Å². The number of fused-ring (bicyclic) bond motifs is 1. The molecule has 0 saturated carbocycles. The second-order valence-corrected chi connectivity index (χ2v) is 8.49. The van der Waals surface area contributed by atoms with Crippen molar-refractivity contribution in [1.29, 1.82) is 0 Å². The summed E-state index contributed by atoms with van der Waals surface area (Å²) in [5.74, 6) is -0.427. The van der Waals surface area contributed by atoms with Gasteiger partial charge in [0.05, 0.1) is 28.0 Å². The number of para-hydroxylation sites is 3. The third-order valence-corrected chi connectivity index (χ3v) is 6.17. The number of benzene rings is 3. The summed E-state index contributed by atoms with van der Waals surface area (Å²) < 4.78 is 15.9. The molecule has 8 heteroatoms. The first-order valence-corrected chi connectivity index (χ1v) is 11.7. The van der Waals surface area contributed by atoms with E-state index in [9.17, 15) is 14.0 Å². The van der Waals surface area contributed by atoms with E-state index in [0.717, 1.165) is 0 Å². The maximum atomic E-state index is 14.4. The SMILES string of the molecule is CC(=O)N(c1nc(/C=C/c2nc3ccccc3c(=O)n2-c2ccccc2)cs1)c1ccccc1F. The minimum atomic E-state index is -0.512. The second kappa shape index (κ2) is 9.44. The lowest BCUT2D eigenvalue weighted by Gasteiger charge is -2.18. The average molecular weight is 483 g/mol. The fourth-order valence-corrected chi connectivity index (χ4v) is 4.59. The first-order chi connectivity index (χ1) is 17.0. The number of amides is 1. The molecule has 3 aromatic carbocycles. The fraction of sp³-hybridized carbons (Fsp3) is 0.0370. The molecule has 0 N–H and O–H groups in total. The number of carbonyl (C=O) groups excluding carboxylic acids is 1. The van der Waals surface area contributed by atoms with Crippen molar-refractivity contribution in [3.05, 3.63) is 112 Å². The molecule has 0 unspecified atom stereocenters. The van der Waals surface area contributed by atoms with E-state index in [1.807, 2.05) is 42.5 Å². The highest BCUT2D eigenvalue weighted by atomic mass is 32.1. The number of anilines is 2. The Bertz CT molecular complexity index is 1630. The van der Waals surface area contributed by atoms with E-state index in [-0.39, 0.29) is 17.2 Å². The van der Waals surface area contributed by atoms with Crippen LogP contribution in [0.5, 0.6) is 0 Å². The molecule has 0 aliphatic rings. The monoisotopic (exact) mass is 482 g/mol. The zero-order valence-corrected chi connectivity index (χ0v) is 19.4. The first-order valence-electron chi connectivity index (χ1n) is 10.8. The van der Waals surface area contributed by atoms with Crippen LogP contribution >= 0.6 is 11.3 Å². The summed E-state index contributed by atoms with van der Waals surface area (Å²) in [6, 6.07) is 22.5. The Balaban J connectivity index is 1.57. The predicted octanol–water partition coefficient (Wildman–Crippen LogP) is 5.84. The molecule has 0 aliphatic heterocycles. The topological polar surface area (TPSA) is 68.1 Å². The lowest BCUT2D eigenvalue weighted by molar-refractivity contribution is -0.115. The van der Waals surface area contributed by atoms with Crippen molar-refractivity contribution >= 4 is 51.1 Å². The number of nitrogens with zero attached hydrogens (tertiary/aromatic N) is 4. The molecule has 0 spiro atoms. The Hall–Kier alpha value is -4.43. The Morgan fingerprint density at radius 2 is 1.66 bits per heavy atom. The lowest BCUT2D eigenvalue weighted by Crippen LogP contribution is -2.23. The highest BCUT2D eigenvalue weighted by Gasteiger charge is 2.20. The highest BCUT2D eigenvalue weighted by Crippen LogP contribution is 2.31. The standard InChI is InChI=1S/C27H19FN4O2S/c1-18(33)31(24-14-8-6-12-22(24)28)27-29-19(17-35-27)15-16-25-30-23-13-7-5-11-21(23)26(34)32(25)20-9-3-2-4-10-20/h2-17H,1H3/b16-15+. The summed E-state index contributed by atoms with van der Waals surface area (Å²) in [5, 5.41) is 2.62. The molecule has 6 nitrogen and oxygen atoms in total. The normalized spacial score (nSPS) is 11.3. The Labute approximate surface area is 204 Å². The van der Waals surface area contributed by atoms with E-state index in [2.05, 4.69) is 4.98 Å². The van der Waals surface area contributed by atoms with Crippen LogP contribution in [0.2, 0.25) is 0 Å². The van der Waals surface area contributed by atoms with Crippen LogP contribution in [-0.2, 0) is 4.79 Å². The molecule has 5 aromatic rings. The van der Waals surface area contributed by atoms with E-state index in [1.165, 1.54) is 35.3 Å². The van der Waals surface area contributed by atoms with E-state index < -0.39 is 5.82 Å². The molecule has 0 radical (unpaired) electrons. The molecule has 2 aromatic heterocycles. The van der Waals surface area contributed by atoms with Gasteiger partial charge in [0.2, 0.25) is 5.91 Å². The number of rotatable bonds is 5. The van der Waals surface area contributed by atoms with Gasteiger partial charge in [-0.05, 0) is 48.6 Å². The van der Waals surface area contributed by atoms with Crippen molar-refractivity contribution in [1.82, 2.24) is 14.5 Å². The van der Waals surface area contributed by atoms with E-state index in [1.54, 1.807) is 46.4 Å². The van der Waals surface area contributed by atoms with Crippen molar-refractivity contribution in [3.8, 4) is 5.69 Å². The average Bonchev–Trinajstić information content (AvgIpc) is 3.33. The largest absolute Gasteiger partial charge is 0.274 e. The zero-order valence-electron chi connectivity index (χ0n) is 18.6. The van der Waals surface area contributed by atoms with Crippen molar-refractivity contribution in [2.24, 2.45) is 0 Å². The molecule has 1 amide bonds. The number of carbonyl (C=O) groups is 1. The number of aromatic nitrogens is 3. The third-order valence-electron chi connectivity index (χ3n) is 5.33. The Morgan fingerprint density at radius 3 is 2.43 bits per heavy atom. The van der Waals surface area contributed by atoms with Gasteiger partial charge in [-0.3, -0.25) is 19.1 Å². The van der Waals surface area contributed by atoms with Gasteiger partial charge >= 0.3 is 0 Å². The van der Waals surface area contributed by atoms with Gasteiger partial charge in [0.15, 0.2) is 5.13 Å². The van der Waals surface area contributed by atoms with E-state index in [0.29, 0.717) is 33.2 Å². The maximum Gasteiger partial charge on any atom is 0.266 e. The summed E-state index contributed by atoms with van der Waals surface area (Å²) in [6.45, 7) is 1.36. The van der Waals surface area contributed by atoms with Gasteiger partial charge in [0.25, 0.3) is 5.56 Å². The van der Waals surface area contributed by atoms with Crippen LogP contribution in [0.1, 0.15) is 18.4 Å². The van der Waals surface area contributed by atoms with Gasteiger partial charge in [-0.25, -0.2) is 14.4 Å². The van der Waals surface area contributed by atoms with E-state index >= 15 is 0 Å². The van der Waals surface area contributed by atoms with Crippen LogP contribution in [0.4, 0.5) is 15.2 Å². The fourth-order valence-electron chi connectivity index (χ4n) is 3.74. The molecule has 5 rings (SSSR count). The highest BCUT2D eigenvalue weighted by molar-refractivity contribution is 7.14. The van der Waals surface area contributed by atoms with Crippen LogP contribution in [0, 0.1) is 5.82 Å². The van der Waals surface area contributed by atoms with Crippen molar-refractivity contribution in [2.75, 3.05) is 4.90 Å². The van der Waals surface area contributed by atoms with Gasteiger partial charge in [-0.2, -0.15) is 0 Å². The molecule has 35 heavy (non-hydrogen) atoms. The second-order valence-electron chi connectivity index (χ2n) is 7.66.